The van der Waals surface area contributed by atoms with Crippen LogP contribution in [-0.4, -0.2) is 4.68 Å². The number of anilines is 3. The van der Waals surface area contributed by atoms with Crippen molar-refractivity contribution >= 4 is 17.1 Å². The summed E-state index contributed by atoms with van der Waals surface area (Å²) in [6, 6.07) is 43.6. The fourth-order valence-corrected chi connectivity index (χ4v) is 8.71. The molecule has 0 aliphatic carbocycles. The minimum absolute atomic E-state index is 0.616. The van der Waals surface area contributed by atoms with Crippen molar-refractivity contribution in [3.8, 4) is 50.7 Å². The molecule has 1 unspecified atom stereocenters. The fraction of sp³-hybridized carbons (Fsp3) is 0.0732. The van der Waals surface area contributed by atoms with Crippen molar-refractivity contribution < 1.29 is 14.0 Å². The number of hydrogen-bond donors (Lipinski definition) is 0. The zero-order chi connectivity index (χ0) is 30.3. The molecule has 0 bridgehead atoms. The van der Waals surface area contributed by atoms with Crippen LogP contribution in [0.4, 0.5) is 17.1 Å². The summed E-state index contributed by atoms with van der Waals surface area (Å²) in [6.45, 7) is 4.52. The van der Waals surface area contributed by atoms with Gasteiger partial charge in [0, 0.05) is 19.1 Å². The highest BCUT2D eigenvalue weighted by Gasteiger charge is 2.73. The number of benzene rings is 5. The van der Waals surface area contributed by atoms with Gasteiger partial charge in [-0.3, -0.25) is 0 Å². The molecule has 216 valence electrons. The Kier molecular flexibility index (Phi) is 4.35. The van der Waals surface area contributed by atoms with Gasteiger partial charge in [0.15, 0.2) is 23.3 Å². The van der Waals surface area contributed by atoms with Crippen molar-refractivity contribution in [2.24, 2.45) is 0 Å². The van der Waals surface area contributed by atoms with Crippen LogP contribution in [0, 0.1) is 13.8 Å². The van der Waals surface area contributed by atoms with E-state index in [4.69, 9.17) is 4.74 Å². The molecule has 0 saturated carbocycles. The average molecular weight is 593 g/mol. The first-order chi connectivity index (χ1) is 22.7. The largest absolute Gasteiger partial charge is 0.453 e. The molecule has 5 nitrogen and oxygen atoms in total. The van der Waals surface area contributed by atoms with Crippen molar-refractivity contribution in [2.75, 3.05) is 4.90 Å². The first-order valence-electron chi connectivity index (χ1n) is 15.9. The lowest BCUT2D eigenvalue weighted by molar-refractivity contribution is -0.989. The number of aryl methyl sites for hydroxylation is 1. The summed E-state index contributed by atoms with van der Waals surface area (Å²) in [4.78, 5) is 2.44. The van der Waals surface area contributed by atoms with E-state index < -0.39 is 5.66 Å². The lowest BCUT2D eigenvalue weighted by Crippen LogP contribution is -2.74. The molecule has 4 aliphatic heterocycles. The summed E-state index contributed by atoms with van der Waals surface area (Å²) in [6.07, 6.45) is 4.60. The van der Waals surface area contributed by atoms with Crippen LogP contribution in [0.2, 0.25) is 0 Å². The molecule has 0 radical (unpaired) electrons. The van der Waals surface area contributed by atoms with Gasteiger partial charge in [-0.25, -0.2) is 0 Å². The lowest BCUT2D eigenvalue weighted by atomic mass is 9.82. The number of aromatic nitrogens is 3. The van der Waals surface area contributed by atoms with Crippen molar-refractivity contribution in [1.82, 2.24) is 4.68 Å². The average Bonchev–Trinajstić information content (AvgIpc) is 3.71. The highest BCUT2D eigenvalue weighted by Crippen LogP contribution is 2.63. The number of rotatable bonds is 2. The van der Waals surface area contributed by atoms with Crippen LogP contribution >= 0.6 is 0 Å². The van der Waals surface area contributed by atoms with Gasteiger partial charge in [0.05, 0.1) is 28.7 Å². The van der Waals surface area contributed by atoms with Gasteiger partial charge in [0.25, 0.3) is 0 Å². The predicted octanol–water partition coefficient (Wildman–Crippen LogP) is 8.48. The van der Waals surface area contributed by atoms with E-state index in [9.17, 15) is 0 Å². The molecule has 11 rings (SSSR count). The minimum atomic E-state index is -0.616. The molecule has 0 N–H and O–H groups in total. The number of hydrogen-bond acceptors (Lipinski definition) is 2. The Labute approximate surface area is 266 Å². The Morgan fingerprint density at radius 1 is 0.609 bits per heavy atom. The molecular formula is C41H28N4O+2. The number of pyridine rings is 1. The Morgan fingerprint density at radius 2 is 1.39 bits per heavy atom. The van der Waals surface area contributed by atoms with Crippen molar-refractivity contribution in [1.29, 1.82) is 0 Å². The molecule has 0 amide bonds. The number of nitrogens with zero attached hydrogens (tertiary/aromatic N) is 4. The second-order valence-electron chi connectivity index (χ2n) is 12.7. The Bertz CT molecular complexity index is 2490. The molecular weight excluding hydrogens is 564 g/mol. The molecule has 6 heterocycles. The molecule has 1 atom stereocenters. The Hall–Kier alpha value is -5.94. The van der Waals surface area contributed by atoms with Gasteiger partial charge in [-0.1, -0.05) is 66.7 Å². The van der Waals surface area contributed by atoms with E-state index in [1.54, 1.807) is 0 Å². The molecule has 46 heavy (non-hydrogen) atoms. The zero-order valence-corrected chi connectivity index (χ0v) is 25.4. The van der Waals surface area contributed by atoms with Crippen LogP contribution in [0.5, 0.6) is 11.5 Å². The predicted molar refractivity (Wildman–Crippen MR) is 178 cm³/mol. The van der Waals surface area contributed by atoms with E-state index in [1.165, 1.54) is 67.3 Å². The standard InChI is InChI=1S/C41H28N4O/c1-25-23-28(27-11-4-3-5-12-27)18-19-29(25)31-24-43-34-15-10-16-35-39(34)41(45(43)26(31)2)38-30(32-13-8-9-22-42(32)41)20-21-37-40(38)44(35)33-14-6-7-17-36(33)46-37/h3-24H,1-2H3/q+2. The summed E-state index contributed by atoms with van der Waals surface area (Å²) >= 11 is 0. The van der Waals surface area contributed by atoms with E-state index in [1.807, 2.05) is 6.07 Å². The third kappa shape index (κ3) is 2.66. The fourth-order valence-electron chi connectivity index (χ4n) is 8.71. The normalized spacial score (nSPS) is 16.7. The van der Waals surface area contributed by atoms with E-state index in [-0.39, 0.29) is 0 Å². The van der Waals surface area contributed by atoms with Crippen LogP contribution in [0.3, 0.4) is 0 Å². The van der Waals surface area contributed by atoms with Gasteiger partial charge < -0.3 is 9.64 Å². The van der Waals surface area contributed by atoms with Crippen LogP contribution in [0.15, 0.2) is 134 Å². The third-order valence-corrected chi connectivity index (χ3v) is 10.5. The maximum atomic E-state index is 6.66. The number of para-hydroxylation sites is 2. The van der Waals surface area contributed by atoms with Gasteiger partial charge in [-0.05, 0) is 76.3 Å². The maximum absolute atomic E-state index is 6.66. The van der Waals surface area contributed by atoms with Gasteiger partial charge in [-0.15, -0.1) is 9.25 Å². The second kappa shape index (κ2) is 8.20. The quantitative estimate of drug-likeness (QED) is 0.188. The summed E-state index contributed by atoms with van der Waals surface area (Å²) in [7, 11) is 0. The van der Waals surface area contributed by atoms with Crippen molar-refractivity contribution in [3.63, 3.8) is 0 Å². The second-order valence-corrected chi connectivity index (χ2v) is 12.7. The van der Waals surface area contributed by atoms with Gasteiger partial charge in [0.1, 0.15) is 16.9 Å². The van der Waals surface area contributed by atoms with Gasteiger partial charge >= 0.3 is 5.66 Å². The Balaban J connectivity index is 1.24. The first kappa shape index (κ1) is 24.4. The summed E-state index contributed by atoms with van der Waals surface area (Å²) < 4.78 is 14.1. The number of fused-ring (bicyclic) bond motifs is 7. The lowest BCUT2D eigenvalue weighted by Gasteiger charge is -2.38. The van der Waals surface area contributed by atoms with E-state index in [0.717, 1.165) is 22.9 Å². The topological polar surface area (TPSA) is 25.2 Å². The molecule has 2 aromatic heterocycles. The molecule has 5 aromatic carbocycles. The van der Waals surface area contributed by atoms with Gasteiger partial charge in [0.2, 0.25) is 11.4 Å². The molecule has 0 saturated heterocycles. The first-order valence-corrected chi connectivity index (χ1v) is 15.9. The van der Waals surface area contributed by atoms with E-state index in [0.29, 0.717) is 0 Å². The molecule has 4 aliphatic rings. The van der Waals surface area contributed by atoms with Crippen molar-refractivity contribution in [2.45, 2.75) is 19.5 Å². The monoisotopic (exact) mass is 592 g/mol. The SMILES string of the molecule is Cc1cc(-c2ccccc2)ccc1-c1cn2[n+](c1C)C13c4c(cccc4-2)N2c4ccccc4Oc4ccc(c1c42)-c1cccc[n+]13. The molecule has 1 spiro atoms. The van der Waals surface area contributed by atoms with Crippen molar-refractivity contribution in [3.05, 3.63) is 156 Å². The van der Waals surface area contributed by atoms with Gasteiger partial charge in [-0.2, -0.15) is 0 Å². The third-order valence-electron chi connectivity index (χ3n) is 10.5. The molecule has 7 aromatic rings. The van der Waals surface area contributed by atoms with Crippen LogP contribution in [0.25, 0.3) is 39.2 Å². The zero-order valence-electron chi connectivity index (χ0n) is 25.4. The summed E-state index contributed by atoms with van der Waals surface area (Å²) in [5, 5.41) is 0. The molecule has 0 fully saturated rings. The molecule has 5 heteroatoms. The van der Waals surface area contributed by atoms with Crippen LogP contribution in [0.1, 0.15) is 22.4 Å². The Morgan fingerprint density at radius 3 is 2.28 bits per heavy atom. The number of ether oxygens (including phenoxy) is 1. The summed E-state index contributed by atoms with van der Waals surface area (Å²) in [5.41, 5.74) is 16.4. The van der Waals surface area contributed by atoms with E-state index in [2.05, 4.69) is 160 Å². The van der Waals surface area contributed by atoms with Crippen LogP contribution < -0.4 is 18.9 Å². The smallest absolute Gasteiger partial charge is 0.444 e. The summed E-state index contributed by atoms with van der Waals surface area (Å²) in [5.74, 6) is 1.76. The maximum Gasteiger partial charge on any atom is 0.444 e. The van der Waals surface area contributed by atoms with E-state index >= 15 is 0 Å². The minimum Gasteiger partial charge on any atom is -0.453 e. The highest BCUT2D eigenvalue weighted by atomic mass is 16.5. The van der Waals surface area contributed by atoms with Crippen LogP contribution in [-0.2, 0) is 5.66 Å². The highest BCUT2D eigenvalue weighted by molar-refractivity contribution is 5.97.